The van der Waals surface area contributed by atoms with Crippen LogP contribution in [0.1, 0.15) is 16.9 Å². The maximum absolute atomic E-state index is 4.68. The third kappa shape index (κ3) is 3.11. The van der Waals surface area contributed by atoms with Crippen molar-refractivity contribution < 1.29 is 0 Å². The molecule has 3 aromatic rings. The molecule has 1 radical (unpaired) electrons. The van der Waals surface area contributed by atoms with Crippen molar-refractivity contribution in [2.75, 3.05) is 6.67 Å². The van der Waals surface area contributed by atoms with Gasteiger partial charge in [-0.3, -0.25) is 4.99 Å². The van der Waals surface area contributed by atoms with E-state index in [1.807, 2.05) is 6.07 Å². The van der Waals surface area contributed by atoms with Crippen molar-refractivity contribution in [3.63, 3.8) is 0 Å². The van der Waals surface area contributed by atoms with Crippen molar-refractivity contribution in [1.29, 1.82) is 0 Å². The van der Waals surface area contributed by atoms with Gasteiger partial charge in [-0.15, -0.1) is 0 Å². The van der Waals surface area contributed by atoms with Crippen LogP contribution in [0.25, 0.3) is 6.20 Å². The number of hydrogen-bond donors (Lipinski definition) is 0. The van der Waals surface area contributed by atoms with Crippen LogP contribution in [0.5, 0.6) is 0 Å². The molecule has 0 amide bonds. The first-order valence-corrected chi connectivity index (χ1v) is 8.22. The minimum atomic E-state index is 0.212. The van der Waals surface area contributed by atoms with E-state index in [4.69, 9.17) is 0 Å². The van der Waals surface area contributed by atoms with Gasteiger partial charge in [0, 0.05) is 11.0 Å². The summed E-state index contributed by atoms with van der Waals surface area (Å²) in [4.78, 5) is 6.87. The average Bonchev–Trinajstić information content (AvgIpc) is 2.67. The number of hydrogen-bond acceptors (Lipinski definition) is 2. The zero-order valence-electron chi connectivity index (χ0n) is 13.4. The van der Waals surface area contributed by atoms with E-state index in [0.29, 0.717) is 6.67 Å². The van der Waals surface area contributed by atoms with Crippen molar-refractivity contribution in [1.82, 2.24) is 4.81 Å². The van der Waals surface area contributed by atoms with Gasteiger partial charge in [0.05, 0.1) is 12.0 Å². The van der Waals surface area contributed by atoms with Crippen LogP contribution in [0.15, 0.2) is 89.9 Å². The molecule has 0 unspecified atom stereocenters. The normalized spacial score (nSPS) is 13.0. The van der Waals surface area contributed by atoms with Gasteiger partial charge in [-0.25, -0.2) is 0 Å². The second-order valence-corrected chi connectivity index (χ2v) is 5.95. The molecule has 0 saturated heterocycles. The molecule has 0 spiro atoms. The van der Waals surface area contributed by atoms with Crippen LogP contribution in [-0.4, -0.2) is 18.9 Å². The lowest BCUT2D eigenvalue weighted by Gasteiger charge is -2.26. The topological polar surface area (TPSA) is 15.6 Å². The van der Waals surface area contributed by atoms with Crippen LogP contribution < -0.4 is 10.6 Å². The Kier molecular flexibility index (Phi) is 4.15. The molecule has 115 valence electrons. The van der Waals surface area contributed by atoms with E-state index >= 15 is 0 Å². The van der Waals surface area contributed by atoms with Crippen molar-refractivity contribution in [2.45, 2.75) is 5.82 Å². The van der Waals surface area contributed by atoms with Crippen LogP contribution in [-0.2, 0) is 0 Å². The van der Waals surface area contributed by atoms with Crippen LogP contribution in [0, 0.1) is 0 Å². The summed E-state index contributed by atoms with van der Waals surface area (Å²) in [6.45, 7) is 0.660. The fourth-order valence-corrected chi connectivity index (χ4v) is 3.08. The highest BCUT2D eigenvalue weighted by Crippen LogP contribution is 2.24. The third-order valence-electron chi connectivity index (χ3n) is 4.30. The minimum absolute atomic E-state index is 0.212. The Morgan fingerprint density at radius 3 is 2.00 bits per heavy atom. The lowest BCUT2D eigenvalue weighted by Crippen LogP contribution is -2.39. The molecule has 0 fully saturated rings. The Labute approximate surface area is 143 Å². The Bertz CT molecular complexity index is 883. The summed E-state index contributed by atoms with van der Waals surface area (Å²) in [5.74, 6) is 0.212. The van der Waals surface area contributed by atoms with Gasteiger partial charge < -0.3 is 4.81 Å². The van der Waals surface area contributed by atoms with Gasteiger partial charge in [-0.05, 0) is 23.4 Å². The first kappa shape index (κ1) is 14.8. The van der Waals surface area contributed by atoms with Crippen LogP contribution >= 0.6 is 0 Å². The molecule has 0 aliphatic carbocycles. The second-order valence-electron chi connectivity index (χ2n) is 5.95. The summed E-state index contributed by atoms with van der Waals surface area (Å²) in [7, 11) is 2.27. The summed E-state index contributed by atoms with van der Waals surface area (Å²) >= 11 is 0. The lowest BCUT2D eigenvalue weighted by atomic mass is 9.66. The molecule has 3 heteroatoms. The quantitative estimate of drug-likeness (QED) is 0.677. The molecule has 0 bridgehead atoms. The van der Waals surface area contributed by atoms with Gasteiger partial charge in [0.15, 0.2) is 0 Å². The molecule has 1 heterocycles. The summed E-state index contributed by atoms with van der Waals surface area (Å²) in [5, 5.41) is 2.23. The summed E-state index contributed by atoms with van der Waals surface area (Å²) in [6, 6.07) is 29.5. The molecule has 4 rings (SSSR count). The molecular weight excluding hydrogens is 291 g/mol. The average molecular weight is 309 g/mol. The van der Waals surface area contributed by atoms with E-state index in [0.717, 1.165) is 5.36 Å². The largest absolute Gasteiger partial charge is 0.406 e. The highest BCUT2D eigenvalue weighted by atomic mass is 15.1. The van der Waals surface area contributed by atoms with Gasteiger partial charge in [-0.2, -0.15) is 0 Å². The first-order valence-electron chi connectivity index (χ1n) is 8.22. The Morgan fingerprint density at radius 1 is 0.750 bits per heavy atom. The van der Waals surface area contributed by atoms with Crippen molar-refractivity contribution in [3.8, 4) is 0 Å². The van der Waals surface area contributed by atoms with E-state index in [2.05, 4.69) is 102 Å². The zero-order valence-corrected chi connectivity index (χ0v) is 13.4. The van der Waals surface area contributed by atoms with E-state index in [1.165, 1.54) is 16.3 Å². The number of benzene rings is 3. The van der Waals surface area contributed by atoms with E-state index in [-0.39, 0.29) is 5.82 Å². The maximum Gasteiger partial charge on any atom is 0.260 e. The zero-order chi connectivity index (χ0) is 16.2. The minimum Gasteiger partial charge on any atom is -0.406 e. The van der Waals surface area contributed by atoms with Gasteiger partial charge in [0.2, 0.25) is 0 Å². The highest BCUT2D eigenvalue weighted by Gasteiger charge is 2.19. The van der Waals surface area contributed by atoms with E-state index in [1.54, 1.807) is 0 Å². The molecule has 1 aliphatic heterocycles. The third-order valence-corrected chi connectivity index (χ3v) is 4.30. The molecule has 1 aliphatic rings. The standard InChI is InChI=1S/C21H18BN2/c1-3-9-17(10-4-1)21(18-11-5-2-6-12-18)22-24-15-19-13-7-8-14-20(19)23-16-24/h1-15,21H,16H2. The maximum atomic E-state index is 4.68. The highest BCUT2D eigenvalue weighted by molar-refractivity contribution is 6.37. The SMILES string of the molecule is [B](C(c1ccccc1)c1ccccc1)N1C=c2ccccc2=NC1. The monoisotopic (exact) mass is 309 g/mol. The molecular formula is C21H18BN2. The summed E-state index contributed by atoms with van der Waals surface area (Å²) in [6.07, 6.45) is 2.18. The van der Waals surface area contributed by atoms with Crippen molar-refractivity contribution in [3.05, 3.63) is 107 Å². The fourth-order valence-electron chi connectivity index (χ4n) is 3.08. The first-order chi connectivity index (χ1) is 11.9. The molecule has 0 saturated carbocycles. The van der Waals surface area contributed by atoms with E-state index < -0.39 is 0 Å². The number of para-hydroxylation sites is 1. The van der Waals surface area contributed by atoms with Crippen LogP contribution in [0.3, 0.4) is 0 Å². The van der Waals surface area contributed by atoms with Gasteiger partial charge in [-0.1, -0.05) is 78.9 Å². The number of rotatable bonds is 4. The molecule has 0 atom stereocenters. The van der Waals surface area contributed by atoms with Crippen LogP contribution in [0.4, 0.5) is 0 Å². The number of fused-ring (bicyclic) bond motifs is 1. The molecule has 3 aromatic carbocycles. The van der Waals surface area contributed by atoms with Gasteiger partial charge >= 0.3 is 0 Å². The summed E-state index contributed by atoms with van der Waals surface area (Å²) < 4.78 is 0. The van der Waals surface area contributed by atoms with Gasteiger partial charge in [0.1, 0.15) is 0 Å². The Hall–Kier alpha value is -2.81. The number of nitrogens with zero attached hydrogens (tertiary/aromatic N) is 2. The smallest absolute Gasteiger partial charge is 0.260 e. The lowest BCUT2D eigenvalue weighted by molar-refractivity contribution is 0.618. The molecule has 2 nitrogen and oxygen atoms in total. The van der Waals surface area contributed by atoms with Gasteiger partial charge in [0.25, 0.3) is 7.41 Å². The molecule has 24 heavy (non-hydrogen) atoms. The van der Waals surface area contributed by atoms with Crippen molar-refractivity contribution >= 4 is 13.6 Å². The molecule has 0 N–H and O–H groups in total. The van der Waals surface area contributed by atoms with E-state index in [9.17, 15) is 0 Å². The fraction of sp³-hybridized carbons (Fsp3) is 0.0952. The van der Waals surface area contributed by atoms with Crippen molar-refractivity contribution in [2.24, 2.45) is 4.99 Å². The Morgan fingerprint density at radius 2 is 1.33 bits per heavy atom. The summed E-state index contributed by atoms with van der Waals surface area (Å²) in [5.41, 5.74) is 2.58. The predicted octanol–water partition coefficient (Wildman–Crippen LogP) is 2.73. The van der Waals surface area contributed by atoms with Crippen LogP contribution in [0.2, 0.25) is 0 Å². The predicted molar refractivity (Wildman–Crippen MR) is 98.9 cm³/mol. The molecule has 0 aromatic heterocycles. The Balaban J connectivity index is 1.67. The second kappa shape index (κ2) is 6.75.